The summed E-state index contributed by atoms with van der Waals surface area (Å²) in [6.07, 6.45) is 17.4. The van der Waals surface area contributed by atoms with Gasteiger partial charge in [0.2, 0.25) is 21.1 Å². The summed E-state index contributed by atoms with van der Waals surface area (Å²) in [5, 5.41) is 0. The molecule has 1 aliphatic carbocycles. The van der Waals surface area contributed by atoms with Gasteiger partial charge < -0.3 is 0 Å². The maximum absolute atomic E-state index is 2.36. The van der Waals surface area contributed by atoms with E-state index in [0.29, 0.717) is 0 Å². The lowest BCUT2D eigenvalue weighted by atomic mass is 9.87. The summed E-state index contributed by atoms with van der Waals surface area (Å²) >= 11 is 3.70. The van der Waals surface area contributed by atoms with Gasteiger partial charge in [-0.05, 0) is 102 Å². The molecule has 0 N–H and O–H groups in total. The van der Waals surface area contributed by atoms with Crippen LogP contribution < -0.4 is 0 Å². The molecule has 0 fully saturated rings. The van der Waals surface area contributed by atoms with E-state index in [2.05, 4.69) is 177 Å². The standard InChI is InChI=1S/C45H37S2/c1-33-36(27-25-34-29-42(38-15-6-2-7-16-38)46-43(30-34)39-17-8-3-9-18-39)23-14-24-37(33)28-26-35-31-44(40-19-10-4-11-20-40)47-45(32-35)41-21-12-5-13-22-41/h2-13,15-22,25-32H,14,23-24H2,1H3/q+1. The Labute approximate surface area is 287 Å². The van der Waals surface area contributed by atoms with E-state index in [9.17, 15) is 0 Å². The Morgan fingerprint density at radius 1 is 0.553 bits per heavy atom. The van der Waals surface area contributed by atoms with Crippen molar-refractivity contribution in [3.05, 3.63) is 203 Å². The van der Waals surface area contributed by atoms with E-state index < -0.39 is 0 Å². The second-order valence-corrected chi connectivity index (χ2v) is 14.1. The van der Waals surface area contributed by atoms with Crippen molar-refractivity contribution >= 4 is 39.0 Å². The van der Waals surface area contributed by atoms with Gasteiger partial charge in [0, 0.05) is 33.1 Å². The van der Waals surface area contributed by atoms with E-state index in [-0.39, 0.29) is 0 Å². The van der Waals surface area contributed by atoms with E-state index in [1.54, 1.807) is 0 Å². The summed E-state index contributed by atoms with van der Waals surface area (Å²) in [5.74, 6) is 0. The Morgan fingerprint density at radius 3 is 1.55 bits per heavy atom. The first-order chi connectivity index (χ1) is 23.2. The minimum atomic E-state index is 1.11. The van der Waals surface area contributed by atoms with Crippen molar-refractivity contribution in [2.24, 2.45) is 0 Å². The maximum Gasteiger partial charge on any atom is 0.239 e. The summed E-state index contributed by atoms with van der Waals surface area (Å²) in [5.41, 5.74) is 11.7. The summed E-state index contributed by atoms with van der Waals surface area (Å²) in [7, 11) is 0. The van der Waals surface area contributed by atoms with Gasteiger partial charge >= 0.3 is 0 Å². The third kappa shape index (κ3) is 7.63. The average Bonchev–Trinajstić information content (AvgIpc) is 3.15. The molecule has 0 amide bonds. The predicted octanol–water partition coefficient (Wildman–Crippen LogP) is 13.6. The van der Waals surface area contributed by atoms with Gasteiger partial charge in [-0.15, -0.1) is 0 Å². The second-order valence-electron chi connectivity index (χ2n) is 11.9. The first-order valence-electron chi connectivity index (χ1n) is 16.3. The molecule has 0 saturated heterocycles. The topological polar surface area (TPSA) is 0 Å². The molecule has 0 radical (unpaired) electrons. The quantitative estimate of drug-likeness (QED) is 0.159. The SMILES string of the molecule is CC1=C(/C=C/c2cc(-c3ccccc3)[s+]c(-c3ccccc3)c2)CCC/C1=C\C=C1C=C(c2ccccc2)SC(c2ccccc2)=C1. The molecule has 1 aliphatic heterocycles. The third-order valence-corrected chi connectivity index (χ3v) is 11.0. The van der Waals surface area contributed by atoms with Crippen molar-refractivity contribution in [2.75, 3.05) is 0 Å². The monoisotopic (exact) mass is 641 g/mol. The fourth-order valence-electron chi connectivity index (χ4n) is 6.08. The highest BCUT2D eigenvalue weighted by Gasteiger charge is 2.19. The highest BCUT2D eigenvalue weighted by molar-refractivity contribution is 8.16. The molecule has 0 atom stereocenters. The Balaban J connectivity index is 1.21. The molecule has 0 nitrogen and oxygen atoms in total. The van der Waals surface area contributed by atoms with Gasteiger partial charge in [0.1, 0.15) is 0 Å². The Morgan fingerprint density at radius 2 is 1.04 bits per heavy atom. The van der Waals surface area contributed by atoms with Crippen molar-refractivity contribution in [1.29, 1.82) is 0 Å². The fourth-order valence-corrected chi connectivity index (χ4v) is 8.35. The van der Waals surface area contributed by atoms with Gasteiger partial charge in [0.25, 0.3) is 0 Å². The highest BCUT2D eigenvalue weighted by atomic mass is 32.2. The van der Waals surface area contributed by atoms with Crippen LogP contribution in [-0.2, 0) is 0 Å². The van der Waals surface area contributed by atoms with Gasteiger partial charge in [-0.25, -0.2) is 0 Å². The van der Waals surface area contributed by atoms with E-state index in [1.165, 1.54) is 76.1 Å². The molecule has 47 heavy (non-hydrogen) atoms. The van der Waals surface area contributed by atoms with Gasteiger partial charge in [0.15, 0.2) is 0 Å². The van der Waals surface area contributed by atoms with Gasteiger partial charge in [-0.3, -0.25) is 0 Å². The maximum atomic E-state index is 2.36. The summed E-state index contributed by atoms with van der Waals surface area (Å²) in [6, 6.07) is 47.6. The molecule has 2 heterocycles. The highest BCUT2D eigenvalue weighted by Crippen LogP contribution is 2.44. The van der Waals surface area contributed by atoms with Crippen LogP contribution in [0.4, 0.5) is 0 Å². The molecule has 0 bridgehead atoms. The Bertz CT molecular complexity index is 1930. The molecule has 0 unspecified atom stereocenters. The molecule has 1 aromatic heterocycles. The summed E-state index contributed by atoms with van der Waals surface area (Å²) in [6.45, 7) is 2.30. The van der Waals surface area contributed by atoms with Crippen LogP contribution in [0.3, 0.4) is 0 Å². The van der Waals surface area contributed by atoms with Crippen molar-refractivity contribution in [1.82, 2.24) is 0 Å². The van der Waals surface area contributed by atoms with E-state index in [4.69, 9.17) is 0 Å². The lowest BCUT2D eigenvalue weighted by molar-refractivity contribution is 0.777. The zero-order chi connectivity index (χ0) is 31.8. The second kappa shape index (κ2) is 14.8. The number of allylic oxidation sites excluding steroid dienone is 9. The van der Waals surface area contributed by atoms with Crippen LogP contribution in [0.5, 0.6) is 0 Å². The molecule has 5 aromatic rings. The first kappa shape index (κ1) is 30.9. The number of hydrogen-bond donors (Lipinski definition) is 0. The normalized spacial score (nSPS) is 15.9. The molecule has 0 saturated carbocycles. The van der Waals surface area contributed by atoms with Crippen LogP contribution in [0.25, 0.3) is 36.8 Å². The third-order valence-electron chi connectivity index (χ3n) is 8.67. The van der Waals surface area contributed by atoms with Crippen LogP contribution in [0.2, 0.25) is 0 Å². The molecular formula is C45H37S2+. The largest absolute Gasteiger partial charge is 0.239 e. The Kier molecular flexibility index (Phi) is 9.70. The van der Waals surface area contributed by atoms with E-state index in [1.807, 2.05) is 23.1 Å². The number of hydrogen-bond acceptors (Lipinski definition) is 1. The van der Waals surface area contributed by atoms with Crippen LogP contribution >= 0.6 is 23.1 Å². The molecule has 2 heteroatoms. The van der Waals surface area contributed by atoms with Crippen molar-refractivity contribution in [2.45, 2.75) is 26.2 Å². The van der Waals surface area contributed by atoms with Crippen LogP contribution in [0, 0.1) is 0 Å². The average molecular weight is 642 g/mol. The van der Waals surface area contributed by atoms with Gasteiger partial charge in [-0.1, -0.05) is 133 Å². The van der Waals surface area contributed by atoms with Crippen molar-refractivity contribution < 1.29 is 0 Å². The van der Waals surface area contributed by atoms with Crippen molar-refractivity contribution in [3.63, 3.8) is 0 Å². The molecule has 7 rings (SSSR count). The smallest absolute Gasteiger partial charge is 0.0888 e. The van der Waals surface area contributed by atoms with Crippen LogP contribution in [0.1, 0.15) is 42.9 Å². The summed E-state index contributed by atoms with van der Waals surface area (Å²) in [4.78, 5) is 5.13. The van der Waals surface area contributed by atoms with Crippen molar-refractivity contribution in [3.8, 4) is 20.9 Å². The lowest BCUT2D eigenvalue weighted by Gasteiger charge is -2.19. The van der Waals surface area contributed by atoms with Crippen LogP contribution in [0.15, 0.2) is 186 Å². The lowest BCUT2D eigenvalue weighted by Crippen LogP contribution is -1.99. The molecule has 228 valence electrons. The van der Waals surface area contributed by atoms with Gasteiger partial charge in [0.05, 0.1) is 0 Å². The predicted molar refractivity (Wildman–Crippen MR) is 208 cm³/mol. The molecule has 0 spiro atoms. The molecule has 2 aliphatic rings. The Hall–Kier alpha value is -4.76. The fraction of sp³-hybridized carbons (Fsp3) is 0.0889. The van der Waals surface area contributed by atoms with Gasteiger partial charge in [-0.2, -0.15) is 0 Å². The number of thioether (sulfide) groups is 1. The molecular weight excluding hydrogens is 605 g/mol. The number of rotatable bonds is 7. The zero-order valence-electron chi connectivity index (χ0n) is 26.6. The molecule has 4 aromatic carbocycles. The van der Waals surface area contributed by atoms with E-state index in [0.717, 1.165) is 12.8 Å². The minimum absolute atomic E-state index is 1.11. The van der Waals surface area contributed by atoms with E-state index >= 15 is 0 Å². The first-order valence-corrected chi connectivity index (χ1v) is 17.9. The number of benzene rings is 4. The minimum Gasteiger partial charge on any atom is -0.0888 e. The summed E-state index contributed by atoms with van der Waals surface area (Å²) < 4.78 is 0. The van der Waals surface area contributed by atoms with Crippen LogP contribution in [-0.4, -0.2) is 0 Å². The zero-order valence-corrected chi connectivity index (χ0v) is 28.2.